The summed E-state index contributed by atoms with van der Waals surface area (Å²) in [5.41, 5.74) is 0. The van der Waals surface area contributed by atoms with Crippen LogP contribution in [-0.2, 0) is 4.74 Å². The fourth-order valence-electron chi connectivity index (χ4n) is 4.49. The first-order chi connectivity index (χ1) is 10.3. The van der Waals surface area contributed by atoms with Crippen molar-refractivity contribution in [1.82, 2.24) is 9.80 Å². The second-order valence-corrected chi connectivity index (χ2v) is 7.95. The molecule has 0 N–H and O–H groups in total. The highest BCUT2D eigenvalue weighted by Crippen LogP contribution is 2.24. The average Bonchev–Trinajstić information content (AvgIpc) is 2.38. The van der Waals surface area contributed by atoms with E-state index in [9.17, 15) is 0 Å². The molecule has 2 aliphatic rings. The number of hydrogen-bond acceptors (Lipinski definition) is 3. The zero-order valence-electron chi connectivity index (χ0n) is 16.3. The van der Waals surface area contributed by atoms with Crippen molar-refractivity contribution in [1.29, 1.82) is 0 Å². The van der Waals surface area contributed by atoms with Crippen LogP contribution in [0, 0.1) is 0 Å². The Balaban J connectivity index is 0.000000220. The summed E-state index contributed by atoms with van der Waals surface area (Å²) in [5, 5.41) is 0. The normalized spacial score (nSPS) is 34.6. The van der Waals surface area contributed by atoms with Gasteiger partial charge in [-0.3, -0.25) is 9.80 Å². The average molecular weight is 313 g/mol. The molecule has 0 amide bonds. The molecule has 0 aromatic rings. The highest BCUT2D eigenvalue weighted by Gasteiger charge is 2.27. The lowest BCUT2D eigenvalue weighted by Crippen LogP contribution is -2.52. The van der Waals surface area contributed by atoms with Crippen LogP contribution in [0.3, 0.4) is 0 Å². The number of likely N-dealkylation sites (tertiary alicyclic amines) is 1. The van der Waals surface area contributed by atoms with Crippen molar-refractivity contribution in [2.75, 3.05) is 13.2 Å². The minimum Gasteiger partial charge on any atom is -0.378 e. The third-order valence-electron chi connectivity index (χ3n) is 5.19. The number of rotatable bonds is 2. The van der Waals surface area contributed by atoms with Gasteiger partial charge in [0.05, 0.1) is 13.2 Å². The van der Waals surface area contributed by atoms with E-state index in [4.69, 9.17) is 4.74 Å². The van der Waals surface area contributed by atoms with Crippen LogP contribution < -0.4 is 0 Å². The molecule has 132 valence electrons. The lowest BCUT2D eigenvalue weighted by Gasteiger charge is -2.41. The first kappa shape index (κ1) is 19.9. The lowest BCUT2D eigenvalue weighted by molar-refractivity contribution is -0.0513. The molecule has 0 radical (unpaired) electrons. The molecule has 2 saturated heterocycles. The Kier molecular flexibility index (Phi) is 8.37. The van der Waals surface area contributed by atoms with E-state index >= 15 is 0 Å². The monoisotopic (exact) mass is 312 g/mol. The third kappa shape index (κ3) is 5.50. The van der Waals surface area contributed by atoms with Gasteiger partial charge in [-0.05, 0) is 68.2 Å². The van der Waals surface area contributed by atoms with Gasteiger partial charge in [0.25, 0.3) is 0 Å². The van der Waals surface area contributed by atoms with Gasteiger partial charge in [-0.15, -0.1) is 0 Å². The van der Waals surface area contributed by atoms with Gasteiger partial charge in [0.2, 0.25) is 0 Å². The van der Waals surface area contributed by atoms with Crippen molar-refractivity contribution >= 4 is 0 Å². The molecule has 0 aromatic carbocycles. The molecule has 0 aromatic heterocycles. The maximum Gasteiger partial charge on any atom is 0.0620 e. The van der Waals surface area contributed by atoms with Crippen LogP contribution in [0.4, 0.5) is 0 Å². The van der Waals surface area contributed by atoms with Crippen molar-refractivity contribution in [3.63, 3.8) is 0 Å². The predicted molar refractivity (Wildman–Crippen MR) is 96.5 cm³/mol. The van der Waals surface area contributed by atoms with Crippen molar-refractivity contribution in [3.05, 3.63) is 0 Å². The van der Waals surface area contributed by atoms with E-state index in [1.807, 2.05) is 0 Å². The van der Waals surface area contributed by atoms with Crippen LogP contribution in [0.2, 0.25) is 0 Å². The molecule has 0 unspecified atom stereocenters. The Hall–Kier alpha value is -0.120. The van der Waals surface area contributed by atoms with Crippen LogP contribution in [0.15, 0.2) is 0 Å². The van der Waals surface area contributed by atoms with E-state index in [1.54, 1.807) is 0 Å². The second kappa shape index (κ2) is 9.24. The summed E-state index contributed by atoms with van der Waals surface area (Å²) in [6.45, 7) is 20.1. The predicted octanol–water partition coefficient (Wildman–Crippen LogP) is 4.16. The zero-order valence-corrected chi connectivity index (χ0v) is 16.3. The van der Waals surface area contributed by atoms with Crippen LogP contribution in [0.1, 0.15) is 74.7 Å². The molecular weight excluding hydrogens is 272 g/mol. The second-order valence-electron chi connectivity index (χ2n) is 7.95. The van der Waals surface area contributed by atoms with E-state index in [0.717, 1.165) is 31.3 Å². The van der Waals surface area contributed by atoms with Crippen molar-refractivity contribution in [2.24, 2.45) is 0 Å². The molecule has 0 aliphatic carbocycles. The molecule has 0 bridgehead atoms. The van der Waals surface area contributed by atoms with Crippen LogP contribution in [0.25, 0.3) is 0 Å². The highest BCUT2D eigenvalue weighted by atomic mass is 16.5. The van der Waals surface area contributed by atoms with Gasteiger partial charge >= 0.3 is 0 Å². The SMILES string of the molecule is CC(C)N1[C@H](C)CCC[C@@H]1C.CC(C)N1[C@H](C)COC[C@@H]1C. The topological polar surface area (TPSA) is 15.7 Å². The van der Waals surface area contributed by atoms with Gasteiger partial charge in [0.1, 0.15) is 0 Å². The minimum atomic E-state index is 0.582. The Morgan fingerprint density at radius 3 is 1.32 bits per heavy atom. The van der Waals surface area contributed by atoms with Gasteiger partial charge in [-0.25, -0.2) is 0 Å². The molecule has 3 nitrogen and oxygen atoms in total. The summed E-state index contributed by atoms with van der Waals surface area (Å²) < 4.78 is 5.43. The van der Waals surface area contributed by atoms with Crippen molar-refractivity contribution in [3.8, 4) is 0 Å². The Morgan fingerprint density at radius 1 is 0.682 bits per heavy atom. The zero-order chi connectivity index (χ0) is 16.9. The van der Waals surface area contributed by atoms with E-state index in [2.05, 4.69) is 65.2 Å². The van der Waals surface area contributed by atoms with Crippen molar-refractivity contribution < 1.29 is 4.74 Å². The van der Waals surface area contributed by atoms with E-state index in [-0.39, 0.29) is 0 Å². The molecule has 2 heterocycles. The number of ether oxygens (including phenoxy) is 1. The summed E-state index contributed by atoms with van der Waals surface area (Å²) in [7, 11) is 0. The van der Waals surface area contributed by atoms with Crippen molar-refractivity contribution in [2.45, 2.75) is 111 Å². The first-order valence-electron chi connectivity index (χ1n) is 9.38. The molecule has 0 spiro atoms. The number of nitrogens with zero attached hydrogens (tertiary/aromatic N) is 2. The molecular formula is C19H40N2O. The molecule has 0 saturated carbocycles. The summed E-state index contributed by atoms with van der Waals surface area (Å²) in [6.07, 6.45) is 4.20. The summed E-state index contributed by atoms with van der Waals surface area (Å²) in [6, 6.07) is 4.14. The fourth-order valence-corrected chi connectivity index (χ4v) is 4.49. The molecule has 4 atom stereocenters. The molecule has 3 heteroatoms. The molecule has 2 fully saturated rings. The van der Waals surface area contributed by atoms with E-state index < -0.39 is 0 Å². The quantitative estimate of drug-likeness (QED) is 0.761. The van der Waals surface area contributed by atoms with Gasteiger partial charge in [0, 0.05) is 36.3 Å². The van der Waals surface area contributed by atoms with E-state index in [0.29, 0.717) is 18.1 Å². The number of morpholine rings is 1. The Bertz CT molecular complexity index is 256. The van der Waals surface area contributed by atoms with Gasteiger partial charge in [-0.2, -0.15) is 0 Å². The maximum absolute atomic E-state index is 5.43. The first-order valence-corrected chi connectivity index (χ1v) is 9.38. The lowest BCUT2D eigenvalue weighted by atomic mass is 9.96. The van der Waals surface area contributed by atoms with E-state index in [1.165, 1.54) is 19.3 Å². The fraction of sp³-hybridized carbons (Fsp3) is 1.00. The number of hydrogen-bond donors (Lipinski definition) is 0. The van der Waals surface area contributed by atoms with Gasteiger partial charge in [-0.1, -0.05) is 6.42 Å². The van der Waals surface area contributed by atoms with Crippen LogP contribution in [0.5, 0.6) is 0 Å². The molecule has 22 heavy (non-hydrogen) atoms. The minimum absolute atomic E-state index is 0.582. The smallest absolute Gasteiger partial charge is 0.0620 e. The largest absolute Gasteiger partial charge is 0.378 e. The van der Waals surface area contributed by atoms with Gasteiger partial charge in [0.15, 0.2) is 0 Å². The third-order valence-corrected chi connectivity index (χ3v) is 5.19. The Labute approximate surface area is 139 Å². The summed E-state index contributed by atoms with van der Waals surface area (Å²) >= 11 is 0. The molecule has 2 aliphatic heterocycles. The highest BCUT2D eigenvalue weighted by molar-refractivity contribution is 4.81. The standard InChI is InChI=1S/C10H21N.C9H19NO/c1-8(2)11-9(3)6-5-7-10(11)4;1-7(2)10-8(3)5-11-6-9(10)4/h8-10H,5-7H2,1-4H3;7-9H,5-6H2,1-4H3/t9-,10+;8-,9+. The van der Waals surface area contributed by atoms with Crippen LogP contribution in [-0.4, -0.2) is 59.3 Å². The number of piperidine rings is 1. The molecule has 2 rings (SSSR count). The summed E-state index contributed by atoms with van der Waals surface area (Å²) in [4.78, 5) is 5.16. The van der Waals surface area contributed by atoms with Crippen LogP contribution >= 0.6 is 0 Å². The summed E-state index contributed by atoms with van der Waals surface area (Å²) in [5.74, 6) is 0. The Morgan fingerprint density at radius 2 is 1.05 bits per heavy atom. The maximum atomic E-state index is 5.43. The van der Waals surface area contributed by atoms with Gasteiger partial charge < -0.3 is 4.74 Å².